The third-order valence-electron chi connectivity index (χ3n) is 6.29. The highest BCUT2D eigenvalue weighted by molar-refractivity contribution is 5.79. The predicted octanol–water partition coefficient (Wildman–Crippen LogP) is 3.53. The molecule has 0 aromatic heterocycles. The van der Waals surface area contributed by atoms with E-state index >= 15 is 0 Å². The summed E-state index contributed by atoms with van der Waals surface area (Å²) in [6.45, 7) is 3.79. The molecule has 0 bridgehead atoms. The first kappa shape index (κ1) is 19.0. The molecule has 1 amide bonds. The van der Waals surface area contributed by atoms with Crippen molar-refractivity contribution in [2.75, 3.05) is 33.8 Å². The van der Waals surface area contributed by atoms with Crippen LogP contribution in [0.5, 0.6) is 5.75 Å². The smallest absolute Gasteiger partial charge is 0.227 e. The maximum atomic E-state index is 13.3. The molecule has 2 aliphatic heterocycles. The van der Waals surface area contributed by atoms with E-state index in [2.05, 4.69) is 41.1 Å². The zero-order chi connectivity index (χ0) is 19.6. The maximum Gasteiger partial charge on any atom is 0.227 e. The van der Waals surface area contributed by atoms with Crippen molar-refractivity contribution in [1.29, 1.82) is 0 Å². The standard InChI is InChI=1S/C24H30N2O2/c1-25-13-5-12-24(17-25)15-20-6-3-4-7-21(20)16-26(18-24)23(27)14-19-8-10-22(28-2)11-9-19/h3-4,6-11H,5,12-18H2,1-2H3. The summed E-state index contributed by atoms with van der Waals surface area (Å²) in [5, 5.41) is 0. The summed E-state index contributed by atoms with van der Waals surface area (Å²) in [5.74, 6) is 1.04. The monoisotopic (exact) mass is 378 g/mol. The fraction of sp³-hybridized carbons (Fsp3) is 0.458. The van der Waals surface area contributed by atoms with Gasteiger partial charge in [0.05, 0.1) is 13.5 Å². The van der Waals surface area contributed by atoms with E-state index in [1.165, 1.54) is 24.0 Å². The lowest BCUT2D eigenvalue weighted by atomic mass is 9.75. The number of piperidine rings is 1. The highest BCUT2D eigenvalue weighted by Gasteiger charge is 2.39. The number of hydrogen-bond acceptors (Lipinski definition) is 3. The summed E-state index contributed by atoms with van der Waals surface area (Å²) in [4.78, 5) is 17.8. The minimum absolute atomic E-state index is 0.162. The van der Waals surface area contributed by atoms with Gasteiger partial charge in [-0.25, -0.2) is 0 Å². The van der Waals surface area contributed by atoms with Crippen LogP contribution in [0.3, 0.4) is 0 Å². The molecule has 4 heteroatoms. The summed E-state index contributed by atoms with van der Waals surface area (Å²) in [5.41, 5.74) is 3.92. The molecule has 0 radical (unpaired) electrons. The molecule has 148 valence electrons. The van der Waals surface area contributed by atoms with Crippen molar-refractivity contribution in [2.45, 2.75) is 32.2 Å². The lowest BCUT2D eigenvalue weighted by Crippen LogP contribution is -2.49. The van der Waals surface area contributed by atoms with Gasteiger partial charge in [0, 0.05) is 25.0 Å². The first-order valence-corrected chi connectivity index (χ1v) is 10.2. The Morgan fingerprint density at radius 2 is 1.82 bits per heavy atom. The number of ether oxygens (including phenoxy) is 1. The number of likely N-dealkylation sites (tertiary alicyclic amines) is 1. The number of benzene rings is 2. The van der Waals surface area contributed by atoms with Crippen LogP contribution >= 0.6 is 0 Å². The van der Waals surface area contributed by atoms with Crippen LogP contribution in [-0.4, -0.2) is 49.5 Å². The van der Waals surface area contributed by atoms with Crippen molar-refractivity contribution in [3.8, 4) is 5.75 Å². The molecule has 28 heavy (non-hydrogen) atoms. The second-order valence-corrected chi connectivity index (χ2v) is 8.56. The normalized spacial score (nSPS) is 22.6. The number of fused-ring (bicyclic) bond motifs is 1. The number of rotatable bonds is 3. The quantitative estimate of drug-likeness (QED) is 0.819. The lowest BCUT2D eigenvalue weighted by molar-refractivity contribution is -0.133. The average molecular weight is 379 g/mol. The van der Waals surface area contributed by atoms with E-state index in [4.69, 9.17) is 4.74 Å². The van der Waals surface area contributed by atoms with Gasteiger partial charge in [0.1, 0.15) is 5.75 Å². The summed E-state index contributed by atoms with van der Waals surface area (Å²) in [7, 11) is 3.87. The van der Waals surface area contributed by atoms with Gasteiger partial charge in [-0.15, -0.1) is 0 Å². The Morgan fingerprint density at radius 1 is 1.07 bits per heavy atom. The minimum atomic E-state index is 0.162. The number of nitrogens with zero attached hydrogens (tertiary/aromatic N) is 2. The van der Waals surface area contributed by atoms with Gasteiger partial charge >= 0.3 is 0 Å². The summed E-state index contributed by atoms with van der Waals surface area (Å²) in [6, 6.07) is 16.5. The molecule has 2 heterocycles. The van der Waals surface area contributed by atoms with Crippen LogP contribution in [0.4, 0.5) is 0 Å². The maximum absolute atomic E-state index is 13.3. The Labute approximate surface area is 168 Å². The van der Waals surface area contributed by atoms with Gasteiger partial charge in [0.2, 0.25) is 5.91 Å². The van der Waals surface area contributed by atoms with Gasteiger partial charge < -0.3 is 14.5 Å². The van der Waals surface area contributed by atoms with Crippen LogP contribution < -0.4 is 4.74 Å². The molecule has 1 atom stereocenters. The van der Waals surface area contributed by atoms with Crippen molar-refractivity contribution in [3.05, 3.63) is 65.2 Å². The number of methoxy groups -OCH3 is 1. The van der Waals surface area contributed by atoms with E-state index in [1.54, 1.807) is 7.11 Å². The van der Waals surface area contributed by atoms with Crippen LogP contribution in [0.1, 0.15) is 29.5 Å². The fourth-order valence-corrected chi connectivity index (χ4v) is 4.94. The molecule has 4 rings (SSSR count). The van der Waals surface area contributed by atoms with Gasteiger partial charge in [0.15, 0.2) is 0 Å². The third-order valence-corrected chi connectivity index (χ3v) is 6.29. The average Bonchev–Trinajstić information content (AvgIpc) is 2.85. The fourth-order valence-electron chi connectivity index (χ4n) is 4.94. The number of carbonyl (C=O) groups is 1. The molecule has 0 aliphatic carbocycles. The molecule has 0 saturated carbocycles. The van der Waals surface area contributed by atoms with Crippen molar-refractivity contribution in [1.82, 2.24) is 9.80 Å². The molecule has 1 spiro atoms. The summed E-state index contributed by atoms with van der Waals surface area (Å²) in [6.07, 6.45) is 3.91. The van der Waals surface area contributed by atoms with E-state index in [-0.39, 0.29) is 11.3 Å². The van der Waals surface area contributed by atoms with E-state index in [0.717, 1.165) is 43.9 Å². The van der Waals surface area contributed by atoms with Gasteiger partial charge in [-0.2, -0.15) is 0 Å². The lowest BCUT2D eigenvalue weighted by Gasteiger charge is -2.43. The topological polar surface area (TPSA) is 32.8 Å². The Morgan fingerprint density at radius 3 is 2.54 bits per heavy atom. The van der Waals surface area contributed by atoms with Gasteiger partial charge in [-0.05, 0) is 61.7 Å². The highest BCUT2D eigenvalue weighted by atomic mass is 16.5. The van der Waals surface area contributed by atoms with Crippen molar-refractivity contribution in [2.24, 2.45) is 5.41 Å². The van der Waals surface area contributed by atoms with Gasteiger partial charge in [-0.1, -0.05) is 36.4 Å². The van der Waals surface area contributed by atoms with E-state index in [1.807, 2.05) is 24.3 Å². The molecule has 2 aromatic carbocycles. The molecule has 1 saturated heterocycles. The molecule has 0 N–H and O–H groups in total. The largest absolute Gasteiger partial charge is 0.497 e. The molecule has 1 unspecified atom stereocenters. The van der Waals surface area contributed by atoms with Crippen LogP contribution in [0, 0.1) is 5.41 Å². The predicted molar refractivity (Wildman–Crippen MR) is 111 cm³/mol. The SMILES string of the molecule is COc1ccc(CC(=O)N2Cc3ccccc3CC3(CCCN(C)C3)C2)cc1. The van der Waals surface area contributed by atoms with Crippen LogP contribution in [0.15, 0.2) is 48.5 Å². The minimum Gasteiger partial charge on any atom is -0.497 e. The molecule has 1 fully saturated rings. The molecule has 2 aliphatic rings. The van der Waals surface area contributed by atoms with Gasteiger partial charge in [0.25, 0.3) is 0 Å². The highest BCUT2D eigenvalue weighted by Crippen LogP contribution is 2.38. The zero-order valence-corrected chi connectivity index (χ0v) is 17.0. The number of carbonyl (C=O) groups excluding carboxylic acids is 1. The van der Waals surface area contributed by atoms with Crippen molar-refractivity contribution in [3.63, 3.8) is 0 Å². The number of hydrogen-bond donors (Lipinski definition) is 0. The van der Waals surface area contributed by atoms with E-state index in [0.29, 0.717) is 6.42 Å². The van der Waals surface area contributed by atoms with E-state index in [9.17, 15) is 4.79 Å². The second-order valence-electron chi connectivity index (χ2n) is 8.56. The summed E-state index contributed by atoms with van der Waals surface area (Å²) < 4.78 is 5.23. The second kappa shape index (κ2) is 7.96. The van der Waals surface area contributed by atoms with Crippen LogP contribution in [0.25, 0.3) is 0 Å². The Balaban J connectivity index is 1.58. The first-order valence-electron chi connectivity index (χ1n) is 10.2. The molecule has 4 nitrogen and oxygen atoms in total. The van der Waals surface area contributed by atoms with E-state index < -0.39 is 0 Å². The van der Waals surface area contributed by atoms with Crippen LogP contribution in [0.2, 0.25) is 0 Å². The Bertz CT molecular complexity index is 833. The molecule has 2 aromatic rings. The van der Waals surface area contributed by atoms with Crippen molar-refractivity contribution < 1.29 is 9.53 Å². The molecular formula is C24H30N2O2. The Kier molecular flexibility index (Phi) is 5.40. The Hall–Kier alpha value is -2.33. The van der Waals surface area contributed by atoms with Crippen molar-refractivity contribution >= 4 is 5.91 Å². The first-order chi connectivity index (χ1) is 13.6. The molecular weight excluding hydrogens is 348 g/mol. The van der Waals surface area contributed by atoms with Crippen LogP contribution in [-0.2, 0) is 24.2 Å². The number of amides is 1. The summed E-state index contributed by atoms with van der Waals surface area (Å²) >= 11 is 0. The third kappa shape index (κ3) is 4.07. The zero-order valence-electron chi connectivity index (χ0n) is 17.0. The van der Waals surface area contributed by atoms with Gasteiger partial charge in [-0.3, -0.25) is 4.79 Å².